The number of nitrogens with zero attached hydrogens (tertiary/aromatic N) is 4. The van der Waals surface area contributed by atoms with Gasteiger partial charge in [-0.15, -0.1) is 0 Å². The monoisotopic (exact) mass is 322 g/mol. The topological polar surface area (TPSA) is 94.7 Å². The van der Waals surface area contributed by atoms with Crippen molar-refractivity contribution >= 4 is 29.0 Å². The Balaban J connectivity index is 1.81. The van der Waals surface area contributed by atoms with Gasteiger partial charge in [-0.05, 0) is 37.3 Å². The molecule has 24 heavy (non-hydrogen) atoms. The number of amides is 1. The summed E-state index contributed by atoms with van der Waals surface area (Å²) in [6.45, 7) is 1.71. The fourth-order valence-corrected chi connectivity index (χ4v) is 2.27. The van der Waals surface area contributed by atoms with E-state index >= 15 is 0 Å². The maximum absolute atomic E-state index is 12.5. The zero-order chi connectivity index (χ0) is 17.1. The molecule has 0 fully saturated rings. The Morgan fingerprint density at radius 2 is 1.92 bits per heavy atom. The summed E-state index contributed by atoms with van der Waals surface area (Å²) in [5, 5.41) is 22.5. The molecule has 0 bridgehead atoms. The van der Waals surface area contributed by atoms with Crippen LogP contribution >= 0.6 is 0 Å². The maximum atomic E-state index is 12.5. The summed E-state index contributed by atoms with van der Waals surface area (Å²) in [5.41, 5.74) is 1.67. The van der Waals surface area contributed by atoms with Crippen molar-refractivity contribution in [2.75, 3.05) is 5.01 Å². The van der Waals surface area contributed by atoms with Gasteiger partial charge in [0.05, 0.1) is 22.6 Å². The second kappa shape index (κ2) is 6.41. The van der Waals surface area contributed by atoms with Gasteiger partial charge < -0.3 is 5.11 Å². The molecule has 7 nitrogen and oxygen atoms in total. The normalized spacial score (nSPS) is 17.4. The standard InChI is InChI=1S/C17H14N4O3/c1-11-15(16(22)21(20-11)14-8-3-2-4-9-14)19-18-13-7-5-6-12(10-13)17(23)24/h2-10,15H,1H3,(H,23,24)/t15-/m0/s1. The van der Waals surface area contributed by atoms with Crippen LogP contribution in [-0.2, 0) is 4.79 Å². The highest BCUT2D eigenvalue weighted by molar-refractivity contribution is 6.18. The third kappa shape index (κ3) is 3.05. The van der Waals surface area contributed by atoms with Gasteiger partial charge in [0.2, 0.25) is 0 Å². The van der Waals surface area contributed by atoms with Crippen molar-refractivity contribution in [2.45, 2.75) is 13.0 Å². The number of hydrogen-bond acceptors (Lipinski definition) is 5. The first kappa shape index (κ1) is 15.5. The summed E-state index contributed by atoms with van der Waals surface area (Å²) in [4.78, 5) is 23.4. The number of carboxylic acid groups (broad SMARTS) is 1. The van der Waals surface area contributed by atoms with Gasteiger partial charge in [-0.25, -0.2) is 4.79 Å². The Morgan fingerprint density at radius 3 is 2.62 bits per heavy atom. The second-order valence-electron chi connectivity index (χ2n) is 5.20. The highest BCUT2D eigenvalue weighted by Gasteiger charge is 2.34. The molecule has 0 radical (unpaired) electrons. The van der Waals surface area contributed by atoms with E-state index < -0.39 is 12.0 Å². The predicted molar refractivity (Wildman–Crippen MR) is 88.7 cm³/mol. The van der Waals surface area contributed by atoms with Crippen LogP contribution in [0.15, 0.2) is 69.9 Å². The van der Waals surface area contributed by atoms with Crippen LogP contribution in [0.4, 0.5) is 11.4 Å². The van der Waals surface area contributed by atoms with Crippen molar-refractivity contribution in [3.05, 3.63) is 60.2 Å². The molecule has 1 aliphatic heterocycles. The number of azo groups is 1. The Labute approximate surface area is 137 Å². The molecule has 1 amide bonds. The van der Waals surface area contributed by atoms with Crippen molar-refractivity contribution < 1.29 is 14.7 Å². The van der Waals surface area contributed by atoms with Crippen LogP contribution in [0.5, 0.6) is 0 Å². The molecule has 0 saturated heterocycles. The number of anilines is 1. The zero-order valence-corrected chi connectivity index (χ0v) is 12.8. The minimum atomic E-state index is -1.04. The SMILES string of the molecule is CC1=NN(c2ccccc2)C(=O)[C@H]1N=Nc1cccc(C(=O)O)c1. The maximum Gasteiger partial charge on any atom is 0.335 e. The summed E-state index contributed by atoms with van der Waals surface area (Å²) in [6, 6.07) is 14.3. The van der Waals surface area contributed by atoms with Gasteiger partial charge in [-0.3, -0.25) is 4.79 Å². The Kier molecular flexibility index (Phi) is 4.15. The summed E-state index contributed by atoms with van der Waals surface area (Å²) in [5.74, 6) is -1.34. The van der Waals surface area contributed by atoms with Crippen LogP contribution in [0, 0.1) is 0 Å². The first-order chi connectivity index (χ1) is 11.6. The zero-order valence-electron chi connectivity index (χ0n) is 12.8. The quantitative estimate of drug-likeness (QED) is 0.875. The summed E-state index contributed by atoms with van der Waals surface area (Å²) in [6.07, 6.45) is 0. The van der Waals surface area contributed by atoms with Crippen LogP contribution < -0.4 is 5.01 Å². The minimum Gasteiger partial charge on any atom is -0.478 e. The van der Waals surface area contributed by atoms with Crippen molar-refractivity contribution in [1.82, 2.24) is 0 Å². The average Bonchev–Trinajstić information content (AvgIpc) is 2.88. The van der Waals surface area contributed by atoms with Gasteiger partial charge in [0.1, 0.15) is 0 Å². The van der Waals surface area contributed by atoms with Crippen LogP contribution in [0.2, 0.25) is 0 Å². The molecule has 3 rings (SSSR count). The van der Waals surface area contributed by atoms with Gasteiger partial charge >= 0.3 is 5.97 Å². The summed E-state index contributed by atoms with van der Waals surface area (Å²) < 4.78 is 0. The smallest absolute Gasteiger partial charge is 0.335 e. The van der Waals surface area contributed by atoms with E-state index in [-0.39, 0.29) is 11.5 Å². The number of hydrazone groups is 1. The van der Waals surface area contributed by atoms with E-state index in [4.69, 9.17) is 5.11 Å². The number of carboxylic acids is 1. The number of hydrogen-bond donors (Lipinski definition) is 1. The highest BCUT2D eigenvalue weighted by Crippen LogP contribution is 2.23. The van der Waals surface area contributed by atoms with Crippen molar-refractivity contribution in [3.8, 4) is 0 Å². The first-order valence-corrected chi connectivity index (χ1v) is 7.24. The Morgan fingerprint density at radius 1 is 1.17 bits per heavy atom. The van der Waals surface area contributed by atoms with E-state index in [0.29, 0.717) is 17.1 Å². The van der Waals surface area contributed by atoms with E-state index in [9.17, 15) is 9.59 Å². The van der Waals surface area contributed by atoms with Gasteiger partial charge in [-0.1, -0.05) is 24.3 Å². The van der Waals surface area contributed by atoms with E-state index in [1.807, 2.05) is 18.2 Å². The molecule has 1 atom stereocenters. The summed E-state index contributed by atoms with van der Waals surface area (Å²) in [7, 11) is 0. The number of rotatable bonds is 4. The van der Waals surface area contributed by atoms with Crippen molar-refractivity contribution in [3.63, 3.8) is 0 Å². The van der Waals surface area contributed by atoms with E-state index in [2.05, 4.69) is 15.3 Å². The molecule has 120 valence electrons. The van der Waals surface area contributed by atoms with Gasteiger partial charge in [0, 0.05) is 0 Å². The fraction of sp³-hybridized carbons (Fsp3) is 0.118. The van der Waals surface area contributed by atoms with Crippen molar-refractivity contribution in [2.24, 2.45) is 15.3 Å². The molecule has 0 aromatic heterocycles. The largest absolute Gasteiger partial charge is 0.478 e. The third-order valence-corrected chi connectivity index (χ3v) is 3.48. The summed E-state index contributed by atoms with van der Waals surface area (Å²) >= 11 is 0. The molecule has 0 aliphatic carbocycles. The molecule has 7 heteroatoms. The van der Waals surface area contributed by atoms with Crippen LogP contribution in [0.1, 0.15) is 17.3 Å². The predicted octanol–water partition coefficient (Wildman–Crippen LogP) is 3.26. The Bertz CT molecular complexity index is 846. The number of carbonyl (C=O) groups is 2. The van der Waals surface area contributed by atoms with Crippen molar-refractivity contribution in [1.29, 1.82) is 0 Å². The molecular formula is C17H14N4O3. The van der Waals surface area contributed by atoms with Crippen LogP contribution in [-0.4, -0.2) is 28.7 Å². The van der Waals surface area contributed by atoms with Gasteiger partial charge in [0.15, 0.2) is 6.04 Å². The lowest BCUT2D eigenvalue weighted by Crippen LogP contribution is -2.29. The molecule has 2 aromatic rings. The van der Waals surface area contributed by atoms with Crippen LogP contribution in [0.3, 0.4) is 0 Å². The number of aromatic carboxylic acids is 1. The first-order valence-electron chi connectivity index (χ1n) is 7.24. The molecule has 1 heterocycles. The Hall–Kier alpha value is -3.35. The molecule has 1 aliphatic rings. The molecule has 1 N–H and O–H groups in total. The van der Waals surface area contributed by atoms with E-state index in [1.54, 1.807) is 31.2 Å². The second-order valence-corrected chi connectivity index (χ2v) is 5.20. The molecule has 0 spiro atoms. The van der Waals surface area contributed by atoms with Gasteiger partial charge in [-0.2, -0.15) is 20.3 Å². The highest BCUT2D eigenvalue weighted by atomic mass is 16.4. The third-order valence-electron chi connectivity index (χ3n) is 3.48. The minimum absolute atomic E-state index is 0.112. The number of para-hydroxylation sites is 1. The number of benzene rings is 2. The van der Waals surface area contributed by atoms with Gasteiger partial charge in [0.25, 0.3) is 5.91 Å². The fourth-order valence-electron chi connectivity index (χ4n) is 2.27. The molecular weight excluding hydrogens is 308 g/mol. The lowest BCUT2D eigenvalue weighted by molar-refractivity contribution is -0.117. The van der Waals surface area contributed by atoms with E-state index in [0.717, 1.165) is 0 Å². The molecule has 0 unspecified atom stereocenters. The lowest BCUT2D eigenvalue weighted by atomic mass is 10.2. The average molecular weight is 322 g/mol. The molecule has 0 saturated carbocycles. The lowest BCUT2D eigenvalue weighted by Gasteiger charge is -2.11. The van der Waals surface area contributed by atoms with Crippen LogP contribution in [0.25, 0.3) is 0 Å². The number of carbonyl (C=O) groups excluding carboxylic acids is 1. The van der Waals surface area contributed by atoms with E-state index in [1.165, 1.54) is 17.1 Å². The molecule has 2 aromatic carbocycles.